The lowest BCUT2D eigenvalue weighted by molar-refractivity contribution is 0.476. The van der Waals surface area contributed by atoms with E-state index in [2.05, 4.69) is 15.6 Å². The van der Waals surface area contributed by atoms with Crippen LogP contribution in [0.25, 0.3) is 0 Å². The summed E-state index contributed by atoms with van der Waals surface area (Å²) in [6, 6.07) is 0.530. The Labute approximate surface area is 71.4 Å². The number of aromatic nitrogens is 3. The van der Waals surface area contributed by atoms with Crippen LogP contribution in [0.4, 0.5) is 0 Å². The minimum absolute atomic E-state index is 0. The molecule has 1 saturated heterocycles. The van der Waals surface area contributed by atoms with Crippen LogP contribution in [0.1, 0.15) is 12.5 Å². The summed E-state index contributed by atoms with van der Waals surface area (Å²) in [6.07, 6.45) is 4.80. The van der Waals surface area contributed by atoms with Crippen molar-refractivity contribution < 1.29 is 0 Å². The summed E-state index contributed by atoms with van der Waals surface area (Å²) in [4.78, 5) is 0. The molecular formula is C6H11ClN4. The number of halogens is 1. The van der Waals surface area contributed by atoms with Crippen molar-refractivity contribution in [1.29, 1.82) is 0 Å². The molecule has 0 aliphatic carbocycles. The molecule has 4 nitrogen and oxygen atoms in total. The van der Waals surface area contributed by atoms with Crippen LogP contribution in [0.5, 0.6) is 0 Å². The third-order valence-corrected chi connectivity index (χ3v) is 1.85. The van der Waals surface area contributed by atoms with Crippen LogP contribution in [0, 0.1) is 0 Å². The predicted octanol–water partition coefficient (Wildman–Crippen LogP) is 0.234. The van der Waals surface area contributed by atoms with Gasteiger partial charge in [-0.15, -0.1) is 17.5 Å². The topological polar surface area (TPSA) is 42.7 Å². The van der Waals surface area contributed by atoms with Crippen LogP contribution in [-0.4, -0.2) is 28.1 Å². The van der Waals surface area contributed by atoms with Crippen molar-refractivity contribution in [1.82, 2.24) is 20.3 Å². The lowest BCUT2D eigenvalue weighted by atomic mass is 10.3. The largest absolute Gasteiger partial charge is 0.315 e. The molecule has 1 aliphatic rings. The second-order valence-corrected chi connectivity index (χ2v) is 2.53. The van der Waals surface area contributed by atoms with E-state index in [0.717, 1.165) is 13.1 Å². The third kappa shape index (κ3) is 1.70. The smallest absolute Gasteiger partial charge is 0.0693 e. The molecule has 0 unspecified atom stereocenters. The second kappa shape index (κ2) is 3.69. The minimum atomic E-state index is 0. The molecule has 1 aromatic heterocycles. The van der Waals surface area contributed by atoms with Crippen molar-refractivity contribution in [3.8, 4) is 0 Å². The molecule has 1 aromatic rings. The zero-order chi connectivity index (χ0) is 6.81. The van der Waals surface area contributed by atoms with Gasteiger partial charge in [0.15, 0.2) is 0 Å². The molecule has 5 heteroatoms. The number of nitrogens with one attached hydrogen (secondary N) is 1. The van der Waals surface area contributed by atoms with E-state index in [9.17, 15) is 0 Å². The van der Waals surface area contributed by atoms with Gasteiger partial charge in [-0.2, -0.15) is 0 Å². The van der Waals surface area contributed by atoms with Crippen LogP contribution >= 0.6 is 12.4 Å². The van der Waals surface area contributed by atoms with Crippen molar-refractivity contribution in [3.05, 3.63) is 12.4 Å². The van der Waals surface area contributed by atoms with Gasteiger partial charge in [-0.05, 0) is 13.0 Å². The van der Waals surface area contributed by atoms with E-state index >= 15 is 0 Å². The van der Waals surface area contributed by atoms with Gasteiger partial charge in [-0.3, -0.25) is 0 Å². The van der Waals surface area contributed by atoms with Gasteiger partial charge in [0.05, 0.1) is 12.2 Å². The Kier molecular flexibility index (Phi) is 2.84. The zero-order valence-electron chi connectivity index (χ0n) is 6.10. The molecule has 2 rings (SSSR count). The van der Waals surface area contributed by atoms with Crippen LogP contribution < -0.4 is 5.32 Å². The van der Waals surface area contributed by atoms with E-state index < -0.39 is 0 Å². The van der Waals surface area contributed by atoms with Crippen molar-refractivity contribution in [3.63, 3.8) is 0 Å². The molecule has 1 fully saturated rings. The summed E-state index contributed by atoms with van der Waals surface area (Å²) in [6.45, 7) is 2.13. The van der Waals surface area contributed by atoms with Crippen LogP contribution in [-0.2, 0) is 0 Å². The van der Waals surface area contributed by atoms with Crippen LogP contribution in [0.3, 0.4) is 0 Å². The fraction of sp³-hybridized carbons (Fsp3) is 0.667. The maximum absolute atomic E-state index is 3.92. The Morgan fingerprint density at radius 2 is 2.45 bits per heavy atom. The van der Waals surface area contributed by atoms with E-state index in [-0.39, 0.29) is 12.4 Å². The molecule has 62 valence electrons. The van der Waals surface area contributed by atoms with Gasteiger partial charge in [0, 0.05) is 12.7 Å². The summed E-state index contributed by atoms with van der Waals surface area (Å²) >= 11 is 0. The number of rotatable bonds is 1. The summed E-state index contributed by atoms with van der Waals surface area (Å²) < 4.78 is 1.92. The Balaban J connectivity index is 0.000000605. The molecule has 1 atom stereocenters. The van der Waals surface area contributed by atoms with Gasteiger partial charge < -0.3 is 5.32 Å². The first-order valence-electron chi connectivity index (χ1n) is 3.53. The van der Waals surface area contributed by atoms with Gasteiger partial charge in [0.1, 0.15) is 0 Å². The SMILES string of the molecule is Cl.c1cn([C@@H]2CCNC2)nn1. The highest BCUT2D eigenvalue weighted by Gasteiger charge is 2.15. The lowest BCUT2D eigenvalue weighted by Gasteiger charge is -2.05. The zero-order valence-corrected chi connectivity index (χ0v) is 6.92. The number of hydrogen-bond donors (Lipinski definition) is 1. The Hall–Kier alpha value is -0.610. The highest BCUT2D eigenvalue weighted by molar-refractivity contribution is 5.85. The molecule has 0 aromatic carbocycles. The van der Waals surface area contributed by atoms with Crippen molar-refractivity contribution in [2.75, 3.05) is 13.1 Å². The van der Waals surface area contributed by atoms with E-state index in [1.165, 1.54) is 6.42 Å². The second-order valence-electron chi connectivity index (χ2n) is 2.53. The van der Waals surface area contributed by atoms with Gasteiger partial charge in [0.2, 0.25) is 0 Å². The summed E-state index contributed by atoms with van der Waals surface area (Å²) in [5.74, 6) is 0. The molecule has 1 aliphatic heterocycles. The van der Waals surface area contributed by atoms with Crippen molar-refractivity contribution in [2.45, 2.75) is 12.5 Å². The van der Waals surface area contributed by atoms with Gasteiger partial charge in [-0.25, -0.2) is 4.68 Å². The normalized spacial score (nSPS) is 23.1. The molecule has 0 spiro atoms. The van der Waals surface area contributed by atoms with Gasteiger partial charge >= 0.3 is 0 Å². The monoisotopic (exact) mass is 174 g/mol. The lowest BCUT2D eigenvalue weighted by Crippen LogP contribution is -2.13. The first kappa shape index (κ1) is 8.49. The molecule has 0 radical (unpaired) electrons. The predicted molar refractivity (Wildman–Crippen MR) is 43.8 cm³/mol. The Morgan fingerprint density at radius 1 is 1.55 bits per heavy atom. The molecule has 1 N–H and O–H groups in total. The fourth-order valence-corrected chi connectivity index (χ4v) is 1.28. The van der Waals surface area contributed by atoms with E-state index in [4.69, 9.17) is 0 Å². The molecule has 0 saturated carbocycles. The van der Waals surface area contributed by atoms with E-state index in [0.29, 0.717) is 6.04 Å². The highest BCUT2D eigenvalue weighted by Crippen LogP contribution is 2.11. The summed E-state index contributed by atoms with van der Waals surface area (Å²) in [7, 11) is 0. The maximum Gasteiger partial charge on any atom is 0.0693 e. The minimum Gasteiger partial charge on any atom is -0.315 e. The van der Waals surface area contributed by atoms with Crippen LogP contribution in [0.2, 0.25) is 0 Å². The summed E-state index contributed by atoms with van der Waals surface area (Å²) in [5.41, 5.74) is 0. The van der Waals surface area contributed by atoms with E-state index in [1.807, 2.05) is 10.9 Å². The molecular weight excluding hydrogens is 164 g/mol. The van der Waals surface area contributed by atoms with Gasteiger partial charge in [0.25, 0.3) is 0 Å². The first-order valence-corrected chi connectivity index (χ1v) is 3.53. The molecule has 0 amide bonds. The number of hydrogen-bond acceptors (Lipinski definition) is 3. The first-order chi connectivity index (χ1) is 4.97. The van der Waals surface area contributed by atoms with Gasteiger partial charge in [-0.1, -0.05) is 5.21 Å². The Bertz CT molecular complexity index is 192. The molecule has 0 bridgehead atoms. The average molecular weight is 175 g/mol. The van der Waals surface area contributed by atoms with E-state index in [1.54, 1.807) is 6.20 Å². The fourth-order valence-electron chi connectivity index (χ4n) is 1.28. The highest BCUT2D eigenvalue weighted by atomic mass is 35.5. The third-order valence-electron chi connectivity index (χ3n) is 1.85. The quantitative estimate of drug-likeness (QED) is 0.663. The van der Waals surface area contributed by atoms with Crippen molar-refractivity contribution in [2.24, 2.45) is 0 Å². The Morgan fingerprint density at radius 3 is 3.00 bits per heavy atom. The average Bonchev–Trinajstić information content (AvgIpc) is 2.59. The molecule has 2 heterocycles. The maximum atomic E-state index is 3.92. The summed E-state index contributed by atoms with van der Waals surface area (Å²) in [5, 5.41) is 10.9. The standard InChI is InChI=1S/C6H10N4.ClH/c1-2-7-5-6(1)10-4-3-8-9-10;/h3-4,6-7H,1-2,5H2;1H/t6-;/m1./s1. The van der Waals surface area contributed by atoms with Crippen LogP contribution in [0.15, 0.2) is 12.4 Å². The van der Waals surface area contributed by atoms with Crippen molar-refractivity contribution >= 4 is 12.4 Å². The molecule has 11 heavy (non-hydrogen) atoms. The number of nitrogens with zero attached hydrogens (tertiary/aromatic N) is 3.